The van der Waals surface area contributed by atoms with Crippen LogP contribution in [0.4, 0.5) is 5.69 Å². The quantitative estimate of drug-likeness (QED) is 0.578. The highest BCUT2D eigenvalue weighted by Crippen LogP contribution is 2.27. The second kappa shape index (κ2) is 10.9. The maximum atomic E-state index is 13.0. The van der Waals surface area contributed by atoms with Gasteiger partial charge in [0.1, 0.15) is 0 Å². The number of nitrogens with one attached hydrogen (secondary N) is 1. The molecular formula is C28H31N3O. The summed E-state index contributed by atoms with van der Waals surface area (Å²) in [5.74, 6) is 0.0470. The summed E-state index contributed by atoms with van der Waals surface area (Å²) in [7, 11) is 0. The molecule has 0 radical (unpaired) electrons. The van der Waals surface area contributed by atoms with Crippen LogP contribution in [-0.4, -0.2) is 54.5 Å². The largest absolute Gasteiger partial charge is 0.324 e. The average Bonchev–Trinajstić information content (AvgIpc) is 2.85. The van der Waals surface area contributed by atoms with E-state index in [2.05, 4.69) is 69.7 Å². The molecule has 1 fully saturated rings. The van der Waals surface area contributed by atoms with E-state index in [1.54, 1.807) is 0 Å². The zero-order chi connectivity index (χ0) is 22.2. The standard InChI is InChI=1S/C28H31N3O/c1-23(28(32)29-27-17-9-8-16-26(27)25-14-6-3-7-15-25)31-21-19-30(20-22-31)18-10-13-24-11-4-2-5-12-24/h2-17,23H,18-22H2,1H3,(H,29,32)/b13-10+/t23-/m0/s1. The molecule has 4 nitrogen and oxygen atoms in total. The lowest BCUT2D eigenvalue weighted by atomic mass is 10.0. The molecule has 3 aromatic carbocycles. The van der Waals surface area contributed by atoms with Gasteiger partial charge in [0, 0.05) is 44.0 Å². The Hall–Kier alpha value is -3.21. The number of para-hydroxylation sites is 1. The molecule has 0 unspecified atom stereocenters. The highest BCUT2D eigenvalue weighted by Gasteiger charge is 2.25. The summed E-state index contributed by atoms with van der Waals surface area (Å²) < 4.78 is 0. The molecular weight excluding hydrogens is 394 g/mol. The van der Waals surface area contributed by atoms with Crippen LogP contribution < -0.4 is 5.32 Å². The number of hydrogen-bond acceptors (Lipinski definition) is 3. The van der Waals surface area contributed by atoms with Crippen LogP contribution in [0.3, 0.4) is 0 Å². The molecule has 0 aromatic heterocycles. The van der Waals surface area contributed by atoms with Gasteiger partial charge in [0.25, 0.3) is 0 Å². The molecule has 0 saturated carbocycles. The predicted octanol–water partition coefficient (Wildman–Crippen LogP) is 5.01. The maximum Gasteiger partial charge on any atom is 0.241 e. The molecule has 32 heavy (non-hydrogen) atoms. The molecule has 1 atom stereocenters. The van der Waals surface area contributed by atoms with Gasteiger partial charge in [0.15, 0.2) is 0 Å². The Kier molecular flexibility index (Phi) is 7.49. The lowest BCUT2D eigenvalue weighted by Gasteiger charge is -2.37. The second-order valence-corrected chi connectivity index (χ2v) is 8.23. The van der Waals surface area contributed by atoms with Gasteiger partial charge in [-0.15, -0.1) is 0 Å². The van der Waals surface area contributed by atoms with Crippen LogP contribution in [0, 0.1) is 0 Å². The molecule has 4 rings (SSSR count). The van der Waals surface area contributed by atoms with Crippen molar-refractivity contribution in [3.8, 4) is 11.1 Å². The summed E-state index contributed by atoms with van der Waals surface area (Å²) in [5.41, 5.74) is 4.24. The summed E-state index contributed by atoms with van der Waals surface area (Å²) in [4.78, 5) is 17.7. The van der Waals surface area contributed by atoms with Gasteiger partial charge in [-0.2, -0.15) is 0 Å². The molecule has 1 amide bonds. The third-order valence-electron chi connectivity index (χ3n) is 6.08. The first kappa shape index (κ1) is 22.0. The van der Waals surface area contributed by atoms with Gasteiger partial charge in [0.2, 0.25) is 5.91 Å². The molecule has 1 aliphatic rings. The van der Waals surface area contributed by atoms with E-state index in [1.807, 2.05) is 49.4 Å². The Morgan fingerprint density at radius 1 is 0.875 bits per heavy atom. The van der Waals surface area contributed by atoms with Gasteiger partial charge in [-0.3, -0.25) is 14.6 Å². The fraction of sp³-hybridized carbons (Fsp3) is 0.250. The van der Waals surface area contributed by atoms with Crippen LogP contribution >= 0.6 is 0 Å². The van der Waals surface area contributed by atoms with Gasteiger partial charge < -0.3 is 5.32 Å². The van der Waals surface area contributed by atoms with E-state index in [0.717, 1.165) is 49.5 Å². The zero-order valence-electron chi connectivity index (χ0n) is 18.7. The number of rotatable bonds is 7. The Bertz CT molecular complexity index is 1020. The molecule has 4 heteroatoms. The van der Waals surface area contributed by atoms with Crippen molar-refractivity contribution in [2.75, 3.05) is 38.0 Å². The summed E-state index contributed by atoms with van der Waals surface area (Å²) in [6.07, 6.45) is 4.40. The Labute approximate surface area is 191 Å². The lowest BCUT2D eigenvalue weighted by Crippen LogP contribution is -2.52. The normalized spacial score (nSPS) is 16.2. The highest BCUT2D eigenvalue weighted by atomic mass is 16.2. The third kappa shape index (κ3) is 5.72. The summed E-state index contributed by atoms with van der Waals surface area (Å²) >= 11 is 0. The van der Waals surface area contributed by atoms with E-state index >= 15 is 0 Å². The summed E-state index contributed by atoms with van der Waals surface area (Å²) in [6.45, 7) is 6.68. The molecule has 0 aliphatic carbocycles. The molecule has 1 N–H and O–H groups in total. The van der Waals surface area contributed by atoms with E-state index in [4.69, 9.17) is 0 Å². The molecule has 0 spiro atoms. The van der Waals surface area contributed by atoms with Crippen molar-refractivity contribution in [2.45, 2.75) is 13.0 Å². The monoisotopic (exact) mass is 425 g/mol. The fourth-order valence-corrected chi connectivity index (χ4v) is 4.10. The molecule has 1 aliphatic heterocycles. The first-order valence-electron chi connectivity index (χ1n) is 11.3. The van der Waals surface area contributed by atoms with Crippen molar-refractivity contribution in [1.29, 1.82) is 0 Å². The van der Waals surface area contributed by atoms with Gasteiger partial charge in [-0.1, -0.05) is 91.0 Å². The third-order valence-corrected chi connectivity index (χ3v) is 6.08. The number of benzene rings is 3. The van der Waals surface area contributed by atoms with Crippen molar-refractivity contribution in [2.24, 2.45) is 0 Å². The van der Waals surface area contributed by atoms with Crippen LogP contribution in [0.5, 0.6) is 0 Å². The maximum absolute atomic E-state index is 13.0. The van der Waals surface area contributed by atoms with Crippen molar-refractivity contribution in [3.05, 3.63) is 96.6 Å². The SMILES string of the molecule is C[C@@H](C(=O)Nc1ccccc1-c1ccccc1)N1CCN(C/C=C/c2ccccc2)CC1. The van der Waals surface area contributed by atoms with Crippen LogP contribution in [-0.2, 0) is 4.79 Å². The summed E-state index contributed by atoms with van der Waals surface area (Å²) in [6, 6.07) is 28.4. The number of nitrogens with zero attached hydrogens (tertiary/aromatic N) is 2. The van der Waals surface area contributed by atoms with Crippen molar-refractivity contribution < 1.29 is 4.79 Å². The zero-order valence-corrected chi connectivity index (χ0v) is 18.7. The molecule has 164 valence electrons. The fourth-order valence-electron chi connectivity index (χ4n) is 4.10. The number of piperazine rings is 1. The Morgan fingerprint density at radius 2 is 1.50 bits per heavy atom. The minimum Gasteiger partial charge on any atom is -0.324 e. The van der Waals surface area contributed by atoms with E-state index in [9.17, 15) is 4.79 Å². The van der Waals surface area contributed by atoms with E-state index in [1.165, 1.54) is 5.56 Å². The molecule has 3 aromatic rings. The van der Waals surface area contributed by atoms with Crippen LogP contribution in [0.1, 0.15) is 12.5 Å². The van der Waals surface area contributed by atoms with Gasteiger partial charge in [-0.25, -0.2) is 0 Å². The van der Waals surface area contributed by atoms with E-state index in [-0.39, 0.29) is 11.9 Å². The van der Waals surface area contributed by atoms with Crippen molar-refractivity contribution >= 4 is 17.7 Å². The van der Waals surface area contributed by atoms with Crippen molar-refractivity contribution in [3.63, 3.8) is 0 Å². The first-order chi connectivity index (χ1) is 15.7. The van der Waals surface area contributed by atoms with Crippen LogP contribution in [0.15, 0.2) is 91.0 Å². The lowest BCUT2D eigenvalue weighted by molar-refractivity contribution is -0.121. The van der Waals surface area contributed by atoms with Gasteiger partial charge >= 0.3 is 0 Å². The van der Waals surface area contributed by atoms with Crippen LogP contribution in [0.25, 0.3) is 17.2 Å². The highest BCUT2D eigenvalue weighted by molar-refractivity contribution is 5.98. The van der Waals surface area contributed by atoms with Crippen LogP contribution in [0.2, 0.25) is 0 Å². The smallest absolute Gasteiger partial charge is 0.241 e. The number of amides is 1. The summed E-state index contributed by atoms with van der Waals surface area (Å²) in [5, 5.41) is 3.16. The minimum atomic E-state index is -0.166. The number of anilines is 1. The molecule has 0 bridgehead atoms. The van der Waals surface area contributed by atoms with Gasteiger partial charge in [-0.05, 0) is 24.1 Å². The van der Waals surface area contributed by atoms with E-state index in [0.29, 0.717) is 0 Å². The molecule has 1 saturated heterocycles. The number of carbonyl (C=O) groups excluding carboxylic acids is 1. The molecule has 1 heterocycles. The predicted molar refractivity (Wildman–Crippen MR) is 133 cm³/mol. The second-order valence-electron chi connectivity index (χ2n) is 8.23. The minimum absolute atomic E-state index is 0.0470. The Morgan fingerprint density at radius 3 is 2.22 bits per heavy atom. The first-order valence-corrected chi connectivity index (χ1v) is 11.3. The van der Waals surface area contributed by atoms with E-state index < -0.39 is 0 Å². The van der Waals surface area contributed by atoms with Crippen molar-refractivity contribution in [1.82, 2.24) is 9.80 Å². The number of hydrogen-bond donors (Lipinski definition) is 1. The number of carbonyl (C=O) groups is 1. The topological polar surface area (TPSA) is 35.6 Å². The average molecular weight is 426 g/mol. The van der Waals surface area contributed by atoms with Gasteiger partial charge in [0.05, 0.1) is 6.04 Å². The Balaban J connectivity index is 1.30.